The van der Waals surface area contributed by atoms with Crippen LogP contribution in [0.15, 0.2) is 95.8 Å². The van der Waals surface area contributed by atoms with Crippen LogP contribution >= 0.6 is 0 Å². The van der Waals surface area contributed by atoms with E-state index in [1.807, 2.05) is 12.1 Å². The van der Waals surface area contributed by atoms with Crippen LogP contribution in [0, 0.1) is 0 Å². The third-order valence-corrected chi connectivity index (χ3v) is 6.10. The Bertz CT molecular complexity index is 1590. The van der Waals surface area contributed by atoms with Gasteiger partial charge >= 0.3 is 17.9 Å². The van der Waals surface area contributed by atoms with Gasteiger partial charge in [0.2, 0.25) is 5.56 Å². The molecule has 1 aromatic heterocycles. The number of aliphatic hydroxyl groups is 1. The number of rotatable bonds is 12. The first-order valence-corrected chi connectivity index (χ1v) is 13.0. The second-order valence-corrected chi connectivity index (χ2v) is 9.27. The maximum absolute atomic E-state index is 14.3. The number of alkyl halides is 2. The number of aliphatic hydroxyl groups excluding tert-OH is 1. The van der Waals surface area contributed by atoms with E-state index < -0.39 is 30.6 Å². The number of phenolic OH excluding ortho intramolecular Hbond substituents is 1. The third-order valence-electron chi connectivity index (χ3n) is 6.10. The van der Waals surface area contributed by atoms with Crippen molar-refractivity contribution in [1.29, 1.82) is 0 Å². The summed E-state index contributed by atoms with van der Waals surface area (Å²) in [6, 6.07) is 20.5. The van der Waals surface area contributed by atoms with Gasteiger partial charge in [-0.05, 0) is 48.4 Å². The number of phenols is 1. The van der Waals surface area contributed by atoms with Crippen molar-refractivity contribution in [2.45, 2.75) is 18.4 Å². The Balaban J connectivity index is 0.000000557. The predicted octanol–water partition coefficient (Wildman–Crippen LogP) is 3.98. The highest BCUT2D eigenvalue weighted by Crippen LogP contribution is 2.29. The minimum atomic E-state index is -3.08. The third kappa shape index (κ3) is 10.1. The van der Waals surface area contributed by atoms with Gasteiger partial charge in [-0.15, -0.1) is 0 Å². The van der Waals surface area contributed by atoms with Gasteiger partial charge in [-0.3, -0.25) is 4.79 Å². The van der Waals surface area contributed by atoms with Crippen LogP contribution in [-0.4, -0.2) is 57.0 Å². The fourth-order valence-corrected chi connectivity index (χ4v) is 3.97. The molecule has 0 aliphatic rings. The Hall–Kier alpha value is -5.07. The SMILES string of the molecule is O=C(O)C=CC(=O)O.O=c1ccc2c([C@@H](O)CNCCc3ccc(OCC(F)(F)c4ccccc4)cc3)ccc(O)c2[nH]1. The summed E-state index contributed by atoms with van der Waals surface area (Å²) in [5, 5.41) is 40.0. The van der Waals surface area contributed by atoms with Crippen LogP contribution in [0.2, 0.25) is 0 Å². The van der Waals surface area contributed by atoms with Gasteiger partial charge in [0.1, 0.15) is 11.5 Å². The summed E-state index contributed by atoms with van der Waals surface area (Å²) < 4.78 is 33.8. The largest absolute Gasteiger partial charge is 0.506 e. The van der Waals surface area contributed by atoms with Crippen LogP contribution in [0.25, 0.3) is 10.9 Å². The number of pyridine rings is 1. The van der Waals surface area contributed by atoms with E-state index in [1.54, 1.807) is 42.5 Å². The van der Waals surface area contributed by atoms with Crippen molar-refractivity contribution in [2.75, 3.05) is 19.7 Å². The molecule has 0 aliphatic carbocycles. The number of hydrogen-bond acceptors (Lipinski definition) is 7. The van der Waals surface area contributed by atoms with E-state index in [2.05, 4.69) is 10.3 Å². The molecule has 0 saturated heterocycles. The average Bonchev–Trinajstić information content (AvgIpc) is 2.99. The van der Waals surface area contributed by atoms with Crippen molar-refractivity contribution in [3.05, 3.63) is 118 Å². The first-order chi connectivity index (χ1) is 20.5. The number of H-pyrrole nitrogens is 1. The molecule has 0 radical (unpaired) electrons. The Labute approximate surface area is 244 Å². The van der Waals surface area contributed by atoms with Gasteiger partial charge in [-0.25, -0.2) is 9.59 Å². The standard InChI is InChI=1S/C27H26F2N2O4.C4H4O4/c28-27(29,19-4-2-1-3-5-19)17-35-20-8-6-18(7-9-20)14-15-30-16-24(33)21-10-12-23(32)26-22(21)11-13-25(34)31-26;5-3(6)1-2-4(7)8/h1-13,24,30,32-33H,14-17H2,(H,31,34);1-2H,(H,5,6)(H,7,8)/t24-;/m0./s1. The number of carboxylic acids is 2. The zero-order chi connectivity index (χ0) is 31.4. The van der Waals surface area contributed by atoms with Crippen LogP contribution in [0.5, 0.6) is 11.5 Å². The summed E-state index contributed by atoms with van der Waals surface area (Å²) in [5.41, 5.74) is 1.45. The average molecular weight is 597 g/mol. The van der Waals surface area contributed by atoms with Gasteiger partial charge < -0.3 is 35.5 Å². The highest BCUT2D eigenvalue weighted by molar-refractivity contribution is 5.89. The number of benzene rings is 3. The molecule has 3 aromatic carbocycles. The van der Waals surface area contributed by atoms with E-state index in [-0.39, 0.29) is 28.9 Å². The smallest absolute Gasteiger partial charge is 0.328 e. The Morgan fingerprint density at radius 1 is 0.930 bits per heavy atom. The number of aromatic amines is 1. The maximum atomic E-state index is 14.3. The number of hydrogen-bond donors (Lipinski definition) is 6. The fourth-order valence-electron chi connectivity index (χ4n) is 3.97. The van der Waals surface area contributed by atoms with Crippen molar-refractivity contribution in [3.8, 4) is 11.5 Å². The van der Waals surface area contributed by atoms with E-state index in [9.17, 15) is 33.4 Å². The lowest BCUT2D eigenvalue weighted by Gasteiger charge is -2.17. The topological polar surface area (TPSA) is 169 Å². The van der Waals surface area contributed by atoms with Gasteiger partial charge in [0.25, 0.3) is 0 Å². The number of aromatic nitrogens is 1. The summed E-state index contributed by atoms with van der Waals surface area (Å²) in [6.45, 7) is 0.112. The predicted molar refractivity (Wildman–Crippen MR) is 154 cm³/mol. The van der Waals surface area contributed by atoms with Crippen molar-refractivity contribution >= 4 is 22.8 Å². The molecular weight excluding hydrogens is 566 g/mol. The first kappa shape index (κ1) is 32.4. The number of nitrogens with one attached hydrogen (secondary N) is 2. The number of aromatic hydroxyl groups is 1. The molecule has 0 saturated carbocycles. The maximum Gasteiger partial charge on any atom is 0.328 e. The molecule has 1 heterocycles. The lowest BCUT2D eigenvalue weighted by Crippen LogP contribution is -2.24. The molecule has 0 amide bonds. The van der Waals surface area contributed by atoms with Gasteiger partial charge in [-0.2, -0.15) is 8.78 Å². The van der Waals surface area contributed by atoms with Gasteiger partial charge in [0, 0.05) is 35.7 Å². The molecule has 12 heteroatoms. The molecule has 6 N–H and O–H groups in total. The van der Waals surface area contributed by atoms with E-state index in [1.165, 1.54) is 24.3 Å². The van der Waals surface area contributed by atoms with E-state index in [4.69, 9.17) is 14.9 Å². The summed E-state index contributed by atoms with van der Waals surface area (Å²) in [7, 11) is 0. The minimum Gasteiger partial charge on any atom is -0.506 e. The highest BCUT2D eigenvalue weighted by Gasteiger charge is 2.32. The quantitative estimate of drug-likeness (QED) is 0.105. The number of carbonyl (C=O) groups is 2. The Morgan fingerprint density at radius 3 is 2.21 bits per heavy atom. The summed E-state index contributed by atoms with van der Waals surface area (Å²) in [4.78, 5) is 33.2. The second-order valence-electron chi connectivity index (χ2n) is 9.27. The number of halogens is 2. The molecule has 0 fully saturated rings. The molecule has 10 nitrogen and oxygen atoms in total. The van der Waals surface area contributed by atoms with Crippen molar-refractivity contribution in [3.63, 3.8) is 0 Å². The number of fused-ring (bicyclic) bond motifs is 1. The van der Waals surface area contributed by atoms with Crippen LogP contribution < -0.4 is 15.6 Å². The lowest BCUT2D eigenvalue weighted by atomic mass is 10.0. The van der Waals surface area contributed by atoms with E-state index >= 15 is 0 Å². The Morgan fingerprint density at radius 2 is 1.58 bits per heavy atom. The lowest BCUT2D eigenvalue weighted by molar-refractivity contribution is -0.134. The Kier molecular flexibility index (Phi) is 11.5. The van der Waals surface area contributed by atoms with Crippen molar-refractivity contribution in [1.82, 2.24) is 10.3 Å². The molecule has 0 unspecified atom stereocenters. The minimum absolute atomic E-state index is 0.0576. The number of aliphatic carboxylic acids is 2. The van der Waals surface area contributed by atoms with Crippen molar-refractivity contribution < 1.29 is 43.5 Å². The molecule has 4 aromatic rings. The normalized spacial score (nSPS) is 12.0. The monoisotopic (exact) mass is 596 g/mol. The van der Waals surface area contributed by atoms with E-state index in [0.29, 0.717) is 41.8 Å². The van der Waals surface area contributed by atoms with Gasteiger partial charge in [0.15, 0.2) is 6.61 Å². The summed E-state index contributed by atoms with van der Waals surface area (Å²) in [6.07, 6.45) is 0.938. The number of ether oxygens (including phenoxy) is 1. The molecule has 0 spiro atoms. The van der Waals surface area contributed by atoms with Crippen LogP contribution in [-0.2, 0) is 21.9 Å². The van der Waals surface area contributed by atoms with E-state index in [0.717, 1.165) is 5.56 Å². The van der Waals surface area contributed by atoms with Crippen LogP contribution in [0.3, 0.4) is 0 Å². The molecular formula is C31H30F2N2O8. The van der Waals surface area contributed by atoms with Gasteiger partial charge in [-0.1, -0.05) is 48.5 Å². The molecule has 1 atom stereocenters. The fraction of sp³-hybridized carbons (Fsp3) is 0.194. The van der Waals surface area contributed by atoms with Crippen LogP contribution in [0.4, 0.5) is 8.78 Å². The molecule has 0 bridgehead atoms. The van der Waals surface area contributed by atoms with Crippen LogP contribution in [0.1, 0.15) is 22.8 Å². The second kappa shape index (κ2) is 15.2. The molecule has 4 rings (SSSR count). The number of carboxylic acid groups (broad SMARTS) is 2. The zero-order valence-electron chi connectivity index (χ0n) is 22.7. The highest BCUT2D eigenvalue weighted by atomic mass is 19.3. The first-order valence-electron chi connectivity index (χ1n) is 13.0. The molecule has 0 aliphatic heterocycles. The molecule has 226 valence electrons. The van der Waals surface area contributed by atoms with Crippen molar-refractivity contribution in [2.24, 2.45) is 0 Å². The van der Waals surface area contributed by atoms with Gasteiger partial charge in [0.05, 0.1) is 11.6 Å². The summed E-state index contributed by atoms with van der Waals surface area (Å²) in [5.74, 6) is -5.29. The molecule has 43 heavy (non-hydrogen) atoms. The zero-order valence-corrected chi connectivity index (χ0v) is 22.7. The summed E-state index contributed by atoms with van der Waals surface area (Å²) >= 11 is 0.